The van der Waals surface area contributed by atoms with Gasteiger partial charge in [-0.15, -0.1) is 5.10 Å². The number of hydrogen-bond acceptors (Lipinski definition) is 4. The molecule has 1 atom stereocenters. The molecule has 0 bridgehead atoms. The second-order valence-corrected chi connectivity index (χ2v) is 5.31. The van der Waals surface area contributed by atoms with Gasteiger partial charge in [0.1, 0.15) is 6.33 Å². The largest absolute Gasteiger partial charge is 0.331 e. The number of aromatic nitrogens is 4. The van der Waals surface area contributed by atoms with Gasteiger partial charge in [0.2, 0.25) is 5.95 Å². The van der Waals surface area contributed by atoms with E-state index in [9.17, 15) is 4.79 Å². The van der Waals surface area contributed by atoms with Gasteiger partial charge in [-0.05, 0) is 24.0 Å². The Morgan fingerprint density at radius 2 is 2.24 bits per heavy atom. The fraction of sp³-hybridized carbons (Fsp3) is 0.429. The highest BCUT2D eigenvalue weighted by Gasteiger charge is 2.17. The number of hydrogen-bond donors (Lipinski definition) is 2. The molecule has 0 spiro atoms. The molecule has 0 aliphatic carbocycles. The summed E-state index contributed by atoms with van der Waals surface area (Å²) in [5.74, 6) is 0.730. The first-order valence-corrected chi connectivity index (χ1v) is 6.87. The molecule has 0 aliphatic heterocycles. The van der Waals surface area contributed by atoms with Crippen LogP contribution in [0.2, 0.25) is 0 Å². The molecule has 21 heavy (non-hydrogen) atoms. The van der Waals surface area contributed by atoms with Gasteiger partial charge in [0.25, 0.3) is 0 Å². The van der Waals surface area contributed by atoms with E-state index in [0.29, 0.717) is 5.92 Å². The summed E-state index contributed by atoms with van der Waals surface area (Å²) < 4.78 is 1.53. The summed E-state index contributed by atoms with van der Waals surface area (Å²) in [5, 5.41) is 9.58. The standard InChI is InChI=1S/C14H20N6O/c1-10(2)7-12(11-5-4-6-15-8-11)17-14(21)18-13-16-9-20(3)19-13/h4-6,8-10,12H,7H2,1-3H3,(H2,17,18,19,21)/t12-/m1/s1. The Balaban J connectivity index is 2.02. The van der Waals surface area contributed by atoms with Crippen molar-refractivity contribution in [3.8, 4) is 0 Å². The number of carbonyl (C=O) groups is 1. The van der Waals surface area contributed by atoms with Gasteiger partial charge in [0, 0.05) is 19.4 Å². The summed E-state index contributed by atoms with van der Waals surface area (Å²) in [6.45, 7) is 4.23. The van der Waals surface area contributed by atoms with Crippen LogP contribution in [0.3, 0.4) is 0 Å². The van der Waals surface area contributed by atoms with Crippen LogP contribution in [-0.4, -0.2) is 25.8 Å². The first kappa shape index (κ1) is 15.0. The molecule has 7 nitrogen and oxygen atoms in total. The van der Waals surface area contributed by atoms with Crippen molar-refractivity contribution in [2.24, 2.45) is 13.0 Å². The van der Waals surface area contributed by atoms with Crippen LogP contribution in [0, 0.1) is 5.92 Å². The number of carbonyl (C=O) groups excluding carboxylic acids is 1. The molecule has 2 aromatic heterocycles. The third kappa shape index (κ3) is 4.55. The fourth-order valence-corrected chi connectivity index (χ4v) is 2.02. The fourth-order valence-electron chi connectivity index (χ4n) is 2.02. The van der Waals surface area contributed by atoms with Gasteiger partial charge in [-0.3, -0.25) is 15.0 Å². The maximum Gasteiger partial charge on any atom is 0.322 e. The topological polar surface area (TPSA) is 84.7 Å². The minimum atomic E-state index is -0.323. The molecular formula is C14H20N6O. The molecule has 2 N–H and O–H groups in total. The Bertz CT molecular complexity index is 580. The zero-order valence-corrected chi connectivity index (χ0v) is 12.4. The maximum absolute atomic E-state index is 12.1. The molecular weight excluding hydrogens is 268 g/mol. The minimum Gasteiger partial charge on any atom is -0.331 e. The van der Waals surface area contributed by atoms with Crippen LogP contribution in [0.25, 0.3) is 0 Å². The molecule has 0 radical (unpaired) electrons. The molecule has 0 fully saturated rings. The highest BCUT2D eigenvalue weighted by atomic mass is 16.2. The number of rotatable bonds is 5. The summed E-state index contributed by atoms with van der Waals surface area (Å²) in [5.41, 5.74) is 0.982. The first-order valence-electron chi connectivity index (χ1n) is 6.87. The van der Waals surface area contributed by atoms with Crippen LogP contribution in [-0.2, 0) is 7.05 Å². The number of anilines is 1. The number of nitrogens with zero attached hydrogens (tertiary/aromatic N) is 4. The normalized spacial score (nSPS) is 12.2. The molecule has 0 unspecified atom stereocenters. The number of amides is 2. The number of nitrogens with one attached hydrogen (secondary N) is 2. The van der Waals surface area contributed by atoms with Gasteiger partial charge in [-0.1, -0.05) is 19.9 Å². The van der Waals surface area contributed by atoms with Crippen molar-refractivity contribution in [3.05, 3.63) is 36.4 Å². The van der Waals surface area contributed by atoms with Crippen LogP contribution < -0.4 is 10.6 Å². The van der Waals surface area contributed by atoms with Gasteiger partial charge < -0.3 is 5.32 Å². The lowest BCUT2D eigenvalue weighted by Gasteiger charge is -2.20. The zero-order chi connectivity index (χ0) is 15.2. The van der Waals surface area contributed by atoms with E-state index in [4.69, 9.17) is 0 Å². The highest BCUT2D eigenvalue weighted by molar-refractivity contribution is 5.87. The van der Waals surface area contributed by atoms with Crippen LogP contribution in [0.1, 0.15) is 31.9 Å². The second kappa shape index (κ2) is 6.83. The summed E-state index contributed by atoms with van der Waals surface area (Å²) in [4.78, 5) is 20.1. The smallest absolute Gasteiger partial charge is 0.322 e. The maximum atomic E-state index is 12.1. The summed E-state index contributed by atoms with van der Waals surface area (Å²) in [6.07, 6.45) is 5.84. The van der Waals surface area contributed by atoms with Gasteiger partial charge in [-0.2, -0.15) is 0 Å². The van der Waals surface area contributed by atoms with Crippen molar-refractivity contribution in [3.63, 3.8) is 0 Å². The Morgan fingerprint density at radius 1 is 1.43 bits per heavy atom. The van der Waals surface area contributed by atoms with Crippen molar-refractivity contribution in [1.82, 2.24) is 25.1 Å². The molecule has 2 aromatic rings. The van der Waals surface area contributed by atoms with Crippen LogP contribution in [0.4, 0.5) is 10.7 Å². The predicted octanol–water partition coefficient (Wildman–Crippen LogP) is 2.12. The average molecular weight is 288 g/mol. The molecule has 0 saturated carbocycles. The quantitative estimate of drug-likeness (QED) is 0.882. The highest BCUT2D eigenvalue weighted by Crippen LogP contribution is 2.20. The predicted molar refractivity (Wildman–Crippen MR) is 79.6 cm³/mol. The molecule has 2 amide bonds. The Hall–Kier alpha value is -2.44. The Labute approximate surface area is 123 Å². The van der Waals surface area contributed by atoms with E-state index < -0.39 is 0 Å². The number of pyridine rings is 1. The van der Waals surface area contributed by atoms with Crippen molar-refractivity contribution >= 4 is 12.0 Å². The monoisotopic (exact) mass is 288 g/mol. The Morgan fingerprint density at radius 3 is 2.81 bits per heavy atom. The van der Waals surface area contributed by atoms with E-state index >= 15 is 0 Å². The van der Waals surface area contributed by atoms with Gasteiger partial charge in [0.05, 0.1) is 6.04 Å². The van der Waals surface area contributed by atoms with E-state index in [0.717, 1.165) is 12.0 Å². The third-order valence-corrected chi connectivity index (χ3v) is 2.92. The van der Waals surface area contributed by atoms with E-state index in [1.54, 1.807) is 19.4 Å². The average Bonchev–Trinajstić information content (AvgIpc) is 2.83. The van der Waals surface area contributed by atoms with Crippen LogP contribution in [0.15, 0.2) is 30.9 Å². The second-order valence-electron chi connectivity index (χ2n) is 5.31. The number of aryl methyl sites for hydroxylation is 1. The first-order chi connectivity index (χ1) is 10.0. The van der Waals surface area contributed by atoms with Gasteiger partial charge in [-0.25, -0.2) is 9.78 Å². The van der Waals surface area contributed by atoms with E-state index in [2.05, 4.69) is 39.5 Å². The molecule has 112 valence electrons. The van der Waals surface area contributed by atoms with Crippen molar-refractivity contribution in [2.45, 2.75) is 26.3 Å². The Kier molecular flexibility index (Phi) is 4.86. The van der Waals surface area contributed by atoms with E-state index in [-0.39, 0.29) is 18.0 Å². The molecule has 7 heteroatoms. The molecule has 2 heterocycles. The van der Waals surface area contributed by atoms with Gasteiger partial charge in [0.15, 0.2) is 0 Å². The lowest BCUT2D eigenvalue weighted by Crippen LogP contribution is -2.33. The van der Waals surface area contributed by atoms with E-state index in [1.807, 2.05) is 12.1 Å². The molecule has 0 saturated heterocycles. The molecule has 0 aromatic carbocycles. The van der Waals surface area contributed by atoms with E-state index in [1.165, 1.54) is 11.0 Å². The lowest BCUT2D eigenvalue weighted by molar-refractivity contribution is 0.246. The molecule has 0 aliphatic rings. The minimum absolute atomic E-state index is 0.0950. The number of urea groups is 1. The summed E-state index contributed by atoms with van der Waals surface area (Å²) in [6, 6.07) is 3.40. The van der Waals surface area contributed by atoms with Crippen molar-refractivity contribution in [1.29, 1.82) is 0 Å². The van der Waals surface area contributed by atoms with Crippen LogP contribution >= 0.6 is 0 Å². The summed E-state index contributed by atoms with van der Waals surface area (Å²) in [7, 11) is 1.74. The third-order valence-electron chi connectivity index (χ3n) is 2.92. The lowest BCUT2D eigenvalue weighted by atomic mass is 9.98. The van der Waals surface area contributed by atoms with Crippen molar-refractivity contribution < 1.29 is 4.79 Å². The zero-order valence-electron chi connectivity index (χ0n) is 12.4. The molecule has 2 rings (SSSR count). The van der Waals surface area contributed by atoms with Gasteiger partial charge >= 0.3 is 6.03 Å². The van der Waals surface area contributed by atoms with Crippen molar-refractivity contribution in [2.75, 3.05) is 5.32 Å². The SMILES string of the molecule is CC(C)C[C@@H](NC(=O)Nc1ncn(C)n1)c1cccnc1. The van der Waals surface area contributed by atoms with Crippen LogP contribution in [0.5, 0.6) is 0 Å². The summed E-state index contributed by atoms with van der Waals surface area (Å²) >= 11 is 0.